The molecule has 134 valence electrons. The molecule has 0 saturated carbocycles. The van der Waals surface area contributed by atoms with Crippen molar-refractivity contribution in [3.05, 3.63) is 36.2 Å². The van der Waals surface area contributed by atoms with Gasteiger partial charge in [-0.1, -0.05) is 26.0 Å². The van der Waals surface area contributed by atoms with Crippen LogP contribution in [0.2, 0.25) is 0 Å². The Kier molecular flexibility index (Phi) is 5.72. The average molecular weight is 344 g/mol. The smallest absolute Gasteiger partial charge is 0.253 e. The van der Waals surface area contributed by atoms with Gasteiger partial charge in [0.05, 0.1) is 24.0 Å². The van der Waals surface area contributed by atoms with Gasteiger partial charge in [-0.2, -0.15) is 4.68 Å². The molecule has 1 saturated heterocycles. The van der Waals surface area contributed by atoms with Crippen LogP contribution in [0.1, 0.15) is 24.2 Å². The van der Waals surface area contributed by atoms with E-state index in [4.69, 9.17) is 4.74 Å². The predicted octanol–water partition coefficient (Wildman–Crippen LogP) is 0.749. The molecule has 1 fully saturated rings. The van der Waals surface area contributed by atoms with E-state index in [1.807, 2.05) is 18.2 Å². The molecule has 1 atom stereocenters. The molecule has 25 heavy (non-hydrogen) atoms. The van der Waals surface area contributed by atoms with E-state index in [0.717, 1.165) is 19.6 Å². The van der Waals surface area contributed by atoms with E-state index >= 15 is 0 Å². The molecule has 3 rings (SSSR count). The number of tetrazole rings is 1. The van der Waals surface area contributed by atoms with Gasteiger partial charge >= 0.3 is 0 Å². The number of carbonyl (C=O) groups excluding carboxylic acids is 1. The predicted molar refractivity (Wildman–Crippen MR) is 92.5 cm³/mol. The van der Waals surface area contributed by atoms with Crippen LogP contribution in [0.3, 0.4) is 0 Å². The number of hydrogen-bond acceptors (Lipinski definition) is 6. The summed E-state index contributed by atoms with van der Waals surface area (Å²) in [5.41, 5.74) is 1.18. The first-order valence-electron chi connectivity index (χ1n) is 8.58. The fourth-order valence-electron chi connectivity index (χ4n) is 3.02. The molecule has 1 aromatic heterocycles. The number of nitrogens with one attached hydrogen (secondary N) is 1. The summed E-state index contributed by atoms with van der Waals surface area (Å²) < 4.78 is 7.27. The summed E-state index contributed by atoms with van der Waals surface area (Å²) in [6.45, 7) is 8.45. The number of hydrogen-bond donors (Lipinski definition) is 1. The fraction of sp³-hybridized carbons (Fsp3) is 0.529. The number of benzene rings is 1. The van der Waals surface area contributed by atoms with Gasteiger partial charge in [0.1, 0.15) is 6.33 Å². The summed E-state index contributed by atoms with van der Waals surface area (Å²) in [5, 5.41) is 14.1. The summed E-state index contributed by atoms with van der Waals surface area (Å²) in [5.74, 6) is 0.465. The van der Waals surface area contributed by atoms with E-state index in [1.165, 1.54) is 11.0 Å². The Labute approximate surface area is 147 Å². The first-order valence-corrected chi connectivity index (χ1v) is 8.58. The SMILES string of the molecule is CC(C)CN1CCOC(CNC(=O)c2ccccc2-n2cnnn2)C1. The lowest BCUT2D eigenvalue weighted by Gasteiger charge is -2.34. The normalized spacial score (nSPS) is 18.4. The van der Waals surface area contributed by atoms with Crippen LogP contribution in [0.5, 0.6) is 0 Å². The molecule has 0 spiro atoms. The number of aromatic nitrogens is 4. The minimum atomic E-state index is -0.157. The maximum atomic E-state index is 12.6. The van der Waals surface area contributed by atoms with E-state index in [1.54, 1.807) is 6.07 Å². The van der Waals surface area contributed by atoms with Crippen LogP contribution in [0, 0.1) is 5.92 Å². The Morgan fingerprint density at radius 2 is 2.24 bits per heavy atom. The Bertz CT molecular complexity index is 688. The summed E-state index contributed by atoms with van der Waals surface area (Å²) in [6, 6.07) is 7.25. The van der Waals surface area contributed by atoms with Gasteiger partial charge in [0, 0.05) is 26.2 Å². The van der Waals surface area contributed by atoms with Crippen molar-refractivity contribution in [1.29, 1.82) is 0 Å². The number of nitrogens with zero attached hydrogens (tertiary/aromatic N) is 5. The van der Waals surface area contributed by atoms with Gasteiger partial charge in [-0.15, -0.1) is 5.10 Å². The van der Waals surface area contributed by atoms with Crippen molar-refractivity contribution in [3.8, 4) is 5.69 Å². The molecule has 1 aromatic carbocycles. The van der Waals surface area contributed by atoms with Gasteiger partial charge < -0.3 is 10.1 Å². The number of amides is 1. The summed E-state index contributed by atoms with van der Waals surface area (Å²) in [6.07, 6.45) is 1.48. The second-order valence-electron chi connectivity index (χ2n) is 6.63. The van der Waals surface area contributed by atoms with Crippen molar-refractivity contribution in [2.24, 2.45) is 5.92 Å². The zero-order chi connectivity index (χ0) is 17.6. The minimum Gasteiger partial charge on any atom is -0.374 e. The van der Waals surface area contributed by atoms with Crippen molar-refractivity contribution in [2.75, 3.05) is 32.8 Å². The van der Waals surface area contributed by atoms with Crippen molar-refractivity contribution in [2.45, 2.75) is 20.0 Å². The van der Waals surface area contributed by atoms with E-state index in [-0.39, 0.29) is 12.0 Å². The molecule has 0 bridgehead atoms. The maximum Gasteiger partial charge on any atom is 0.253 e. The van der Waals surface area contributed by atoms with E-state index < -0.39 is 0 Å². The summed E-state index contributed by atoms with van der Waals surface area (Å²) >= 11 is 0. The van der Waals surface area contributed by atoms with Gasteiger partial charge in [0.2, 0.25) is 0 Å². The quantitative estimate of drug-likeness (QED) is 0.832. The molecule has 0 radical (unpaired) electrons. The lowest BCUT2D eigenvalue weighted by molar-refractivity contribution is -0.0295. The molecule has 8 heteroatoms. The minimum absolute atomic E-state index is 0.0108. The molecular formula is C17H24N6O2. The van der Waals surface area contributed by atoms with Gasteiger partial charge in [-0.3, -0.25) is 9.69 Å². The highest BCUT2D eigenvalue weighted by molar-refractivity contribution is 5.97. The van der Waals surface area contributed by atoms with Gasteiger partial charge in [0.15, 0.2) is 0 Å². The third-order valence-electron chi connectivity index (χ3n) is 4.08. The molecule has 1 unspecified atom stereocenters. The van der Waals surface area contributed by atoms with E-state index in [9.17, 15) is 4.79 Å². The van der Waals surface area contributed by atoms with Crippen LogP contribution < -0.4 is 5.32 Å². The summed E-state index contributed by atoms with van der Waals surface area (Å²) in [4.78, 5) is 15.0. The van der Waals surface area contributed by atoms with Gasteiger partial charge in [-0.25, -0.2) is 0 Å². The first-order chi connectivity index (χ1) is 12.1. The third-order valence-corrected chi connectivity index (χ3v) is 4.08. The second-order valence-corrected chi connectivity index (χ2v) is 6.63. The van der Waals surface area contributed by atoms with E-state index in [2.05, 4.69) is 39.6 Å². The lowest BCUT2D eigenvalue weighted by atomic mass is 10.1. The fourth-order valence-corrected chi connectivity index (χ4v) is 3.02. The second kappa shape index (κ2) is 8.17. The maximum absolute atomic E-state index is 12.6. The Hall–Kier alpha value is -2.32. The van der Waals surface area contributed by atoms with Crippen molar-refractivity contribution in [3.63, 3.8) is 0 Å². The molecule has 0 aliphatic carbocycles. The number of rotatable bonds is 6. The molecular weight excluding hydrogens is 320 g/mol. The molecule has 2 heterocycles. The van der Waals surface area contributed by atoms with Crippen LogP contribution in [0.15, 0.2) is 30.6 Å². The largest absolute Gasteiger partial charge is 0.374 e. The highest BCUT2D eigenvalue weighted by Crippen LogP contribution is 2.13. The van der Waals surface area contributed by atoms with Crippen LogP contribution in [0.25, 0.3) is 5.69 Å². The number of para-hydroxylation sites is 1. The topological polar surface area (TPSA) is 85.2 Å². The Morgan fingerprint density at radius 1 is 1.40 bits per heavy atom. The van der Waals surface area contributed by atoms with Gasteiger partial charge in [-0.05, 0) is 28.5 Å². The molecule has 2 aromatic rings. The number of ether oxygens (including phenoxy) is 1. The molecule has 1 N–H and O–H groups in total. The highest BCUT2D eigenvalue weighted by Gasteiger charge is 2.22. The van der Waals surface area contributed by atoms with E-state index in [0.29, 0.717) is 30.3 Å². The Balaban J connectivity index is 1.60. The molecule has 1 aliphatic rings. The zero-order valence-electron chi connectivity index (χ0n) is 14.6. The zero-order valence-corrected chi connectivity index (χ0v) is 14.6. The number of carbonyl (C=O) groups is 1. The van der Waals surface area contributed by atoms with Crippen LogP contribution in [0.4, 0.5) is 0 Å². The lowest BCUT2D eigenvalue weighted by Crippen LogP contribution is -2.48. The summed E-state index contributed by atoms with van der Waals surface area (Å²) in [7, 11) is 0. The first kappa shape index (κ1) is 17.5. The Morgan fingerprint density at radius 3 is 3.00 bits per heavy atom. The van der Waals surface area contributed by atoms with Crippen LogP contribution in [-0.2, 0) is 4.74 Å². The van der Waals surface area contributed by atoms with Crippen molar-refractivity contribution in [1.82, 2.24) is 30.4 Å². The van der Waals surface area contributed by atoms with Crippen molar-refractivity contribution >= 4 is 5.91 Å². The van der Waals surface area contributed by atoms with Crippen LogP contribution in [-0.4, -0.2) is 69.9 Å². The monoisotopic (exact) mass is 344 g/mol. The van der Waals surface area contributed by atoms with Gasteiger partial charge in [0.25, 0.3) is 5.91 Å². The molecule has 1 amide bonds. The standard InChI is InChI=1S/C17H24N6O2/c1-13(2)10-22-7-8-25-14(11-22)9-18-17(24)15-5-3-4-6-16(15)23-12-19-20-21-23/h3-6,12-14H,7-11H2,1-2H3,(H,18,24). The van der Waals surface area contributed by atoms with Crippen molar-refractivity contribution < 1.29 is 9.53 Å². The highest BCUT2D eigenvalue weighted by atomic mass is 16.5. The number of morpholine rings is 1. The molecule has 1 aliphatic heterocycles. The molecule has 8 nitrogen and oxygen atoms in total. The average Bonchev–Trinajstić information content (AvgIpc) is 3.14. The van der Waals surface area contributed by atoms with Crippen LogP contribution >= 0.6 is 0 Å². The third kappa shape index (κ3) is 4.61.